The molecule has 1 saturated heterocycles. The van der Waals surface area contributed by atoms with Gasteiger partial charge in [-0.2, -0.15) is 0 Å². The van der Waals surface area contributed by atoms with Crippen LogP contribution in [0.3, 0.4) is 0 Å². The van der Waals surface area contributed by atoms with E-state index in [4.69, 9.17) is 4.74 Å². The molecule has 0 bridgehead atoms. The third-order valence-corrected chi connectivity index (χ3v) is 3.94. The van der Waals surface area contributed by atoms with Crippen molar-refractivity contribution >= 4 is 5.91 Å². The topological polar surface area (TPSA) is 41.6 Å². The van der Waals surface area contributed by atoms with E-state index in [0.717, 1.165) is 31.9 Å². The highest BCUT2D eigenvalue weighted by atomic mass is 16.5. The van der Waals surface area contributed by atoms with Crippen LogP contribution in [0.15, 0.2) is 24.3 Å². The molecular weight excluding hydrogens is 276 g/mol. The van der Waals surface area contributed by atoms with E-state index in [1.165, 1.54) is 18.4 Å². The molecule has 1 unspecified atom stereocenters. The van der Waals surface area contributed by atoms with Crippen molar-refractivity contribution in [2.75, 3.05) is 19.6 Å². The molecule has 0 saturated carbocycles. The molecule has 0 radical (unpaired) electrons. The number of likely N-dealkylation sites (tertiary alicyclic amines) is 1. The molecule has 2 rings (SSSR count). The highest BCUT2D eigenvalue weighted by Crippen LogP contribution is 2.20. The van der Waals surface area contributed by atoms with Gasteiger partial charge in [-0.15, -0.1) is 0 Å². The number of hydrogen-bond acceptors (Lipinski definition) is 3. The van der Waals surface area contributed by atoms with Gasteiger partial charge in [0.15, 0.2) is 0 Å². The maximum atomic E-state index is 11.0. The largest absolute Gasteiger partial charge is 0.491 e. The third-order valence-electron chi connectivity index (χ3n) is 3.94. The van der Waals surface area contributed by atoms with E-state index >= 15 is 0 Å². The summed E-state index contributed by atoms with van der Waals surface area (Å²) in [5, 5.41) is 2.94. The summed E-state index contributed by atoms with van der Waals surface area (Å²) in [4.78, 5) is 13.5. The fourth-order valence-electron chi connectivity index (χ4n) is 2.95. The molecule has 1 aliphatic heterocycles. The quantitative estimate of drug-likeness (QED) is 0.878. The lowest BCUT2D eigenvalue weighted by Crippen LogP contribution is -2.40. The molecule has 1 amide bonds. The summed E-state index contributed by atoms with van der Waals surface area (Å²) in [5.74, 6) is 1.57. The van der Waals surface area contributed by atoms with Gasteiger partial charge in [-0.05, 0) is 56.8 Å². The molecule has 1 atom stereocenters. The van der Waals surface area contributed by atoms with Gasteiger partial charge in [0.25, 0.3) is 0 Å². The smallest absolute Gasteiger partial charge is 0.216 e. The Balaban J connectivity index is 1.83. The second-order valence-electron chi connectivity index (χ2n) is 6.49. The number of nitrogens with zero attached hydrogens (tertiary/aromatic N) is 1. The van der Waals surface area contributed by atoms with Crippen LogP contribution in [0.25, 0.3) is 0 Å². The van der Waals surface area contributed by atoms with Gasteiger partial charge in [0.1, 0.15) is 5.75 Å². The van der Waals surface area contributed by atoms with E-state index in [2.05, 4.69) is 22.3 Å². The first-order chi connectivity index (χ1) is 10.5. The Labute approximate surface area is 133 Å². The minimum Gasteiger partial charge on any atom is -0.491 e. The number of nitrogens with one attached hydrogen (secondary N) is 1. The molecule has 22 heavy (non-hydrogen) atoms. The highest BCUT2D eigenvalue weighted by molar-refractivity contribution is 5.72. The van der Waals surface area contributed by atoms with E-state index < -0.39 is 0 Å². The first kappa shape index (κ1) is 16.8. The second-order valence-corrected chi connectivity index (χ2v) is 6.49. The Kier molecular flexibility index (Phi) is 6.25. The maximum Gasteiger partial charge on any atom is 0.216 e. The van der Waals surface area contributed by atoms with Crippen LogP contribution in [0.1, 0.15) is 39.2 Å². The molecule has 0 spiro atoms. The Morgan fingerprint density at radius 3 is 2.73 bits per heavy atom. The Hall–Kier alpha value is -1.55. The predicted octanol–water partition coefficient (Wildman–Crippen LogP) is 2.82. The fraction of sp³-hybridized carbons (Fsp3) is 0.611. The molecule has 4 nitrogen and oxygen atoms in total. The second kappa shape index (κ2) is 8.18. The van der Waals surface area contributed by atoms with Crippen molar-refractivity contribution in [1.82, 2.24) is 10.2 Å². The van der Waals surface area contributed by atoms with Crippen LogP contribution in [-0.2, 0) is 11.3 Å². The lowest BCUT2D eigenvalue weighted by Gasteiger charge is -2.32. The zero-order valence-electron chi connectivity index (χ0n) is 14.0. The number of ether oxygens (including phenoxy) is 1. The minimum atomic E-state index is 0.0675. The highest BCUT2D eigenvalue weighted by Gasteiger charge is 2.20. The van der Waals surface area contributed by atoms with E-state index in [1.54, 1.807) is 6.92 Å². The number of piperidine rings is 1. The molecule has 4 heteroatoms. The SMILES string of the molecule is CC(=O)NCC1CCCN(Cc2ccc(OC(C)C)cc2)C1. The van der Waals surface area contributed by atoms with Crippen molar-refractivity contribution in [3.63, 3.8) is 0 Å². The van der Waals surface area contributed by atoms with Crippen LogP contribution in [0.2, 0.25) is 0 Å². The number of hydrogen-bond donors (Lipinski definition) is 1. The van der Waals surface area contributed by atoms with E-state index in [-0.39, 0.29) is 12.0 Å². The number of benzene rings is 1. The molecule has 122 valence electrons. The van der Waals surface area contributed by atoms with Crippen molar-refractivity contribution in [2.24, 2.45) is 5.92 Å². The van der Waals surface area contributed by atoms with Gasteiger partial charge >= 0.3 is 0 Å². The van der Waals surface area contributed by atoms with Crippen molar-refractivity contribution in [3.8, 4) is 5.75 Å². The van der Waals surface area contributed by atoms with Crippen molar-refractivity contribution in [1.29, 1.82) is 0 Å². The summed E-state index contributed by atoms with van der Waals surface area (Å²) in [6.45, 7) is 9.63. The molecule has 0 aromatic heterocycles. The predicted molar refractivity (Wildman–Crippen MR) is 88.9 cm³/mol. The van der Waals surface area contributed by atoms with Crippen LogP contribution in [0.5, 0.6) is 5.75 Å². The number of rotatable bonds is 6. The van der Waals surface area contributed by atoms with Gasteiger partial charge in [-0.25, -0.2) is 0 Å². The van der Waals surface area contributed by atoms with Crippen molar-refractivity contribution < 1.29 is 9.53 Å². The molecule has 0 aliphatic carbocycles. The number of amides is 1. The van der Waals surface area contributed by atoms with Crippen molar-refractivity contribution in [3.05, 3.63) is 29.8 Å². The Morgan fingerprint density at radius 2 is 2.09 bits per heavy atom. The van der Waals surface area contributed by atoms with Crippen LogP contribution in [-0.4, -0.2) is 36.5 Å². The molecular formula is C18H28N2O2. The van der Waals surface area contributed by atoms with E-state index in [1.807, 2.05) is 26.0 Å². The van der Waals surface area contributed by atoms with E-state index in [9.17, 15) is 4.79 Å². The third kappa shape index (κ3) is 5.68. The van der Waals surface area contributed by atoms with Gasteiger partial charge in [-0.1, -0.05) is 12.1 Å². The van der Waals surface area contributed by atoms with Gasteiger partial charge < -0.3 is 10.1 Å². The molecule has 1 aliphatic rings. The monoisotopic (exact) mass is 304 g/mol. The molecule has 1 N–H and O–H groups in total. The van der Waals surface area contributed by atoms with Gasteiger partial charge in [0.2, 0.25) is 5.91 Å². The lowest BCUT2D eigenvalue weighted by molar-refractivity contribution is -0.119. The summed E-state index contributed by atoms with van der Waals surface area (Å²) in [6.07, 6.45) is 2.62. The summed E-state index contributed by atoms with van der Waals surface area (Å²) < 4.78 is 5.68. The first-order valence-electron chi connectivity index (χ1n) is 8.25. The lowest BCUT2D eigenvalue weighted by atomic mass is 9.97. The molecule has 1 heterocycles. The fourth-order valence-corrected chi connectivity index (χ4v) is 2.95. The summed E-state index contributed by atoms with van der Waals surface area (Å²) in [6, 6.07) is 8.40. The van der Waals surface area contributed by atoms with Crippen LogP contribution in [0.4, 0.5) is 0 Å². The average molecular weight is 304 g/mol. The van der Waals surface area contributed by atoms with Gasteiger partial charge in [0.05, 0.1) is 6.10 Å². The Morgan fingerprint density at radius 1 is 1.36 bits per heavy atom. The maximum absolute atomic E-state index is 11.0. The minimum absolute atomic E-state index is 0.0675. The van der Waals surface area contributed by atoms with Crippen molar-refractivity contribution in [2.45, 2.75) is 46.3 Å². The van der Waals surface area contributed by atoms with Crippen LogP contribution < -0.4 is 10.1 Å². The molecule has 1 aromatic carbocycles. The van der Waals surface area contributed by atoms with Gasteiger partial charge in [-0.3, -0.25) is 9.69 Å². The van der Waals surface area contributed by atoms with Gasteiger partial charge in [0, 0.05) is 26.6 Å². The van der Waals surface area contributed by atoms with E-state index in [0.29, 0.717) is 5.92 Å². The average Bonchev–Trinajstić information content (AvgIpc) is 2.47. The number of carbonyl (C=O) groups is 1. The first-order valence-corrected chi connectivity index (χ1v) is 8.25. The zero-order chi connectivity index (χ0) is 15.9. The zero-order valence-corrected chi connectivity index (χ0v) is 14.0. The molecule has 1 aromatic rings. The standard InChI is InChI=1S/C18H28N2O2/c1-14(2)22-18-8-6-16(7-9-18)12-20-10-4-5-17(13-20)11-19-15(3)21/h6-9,14,17H,4-5,10-13H2,1-3H3,(H,19,21). The van der Waals surface area contributed by atoms with Crippen LogP contribution in [0, 0.1) is 5.92 Å². The molecule has 1 fully saturated rings. The van der Waals surface area contributed by atoms with Crippen LogP contribution >= 0.6 is 0 Å². The summed E-state index contributed by atoms with van der Waals surface area (Å²) >= 11 is 0. The summed E-state index contributed by atoms with van der Waals surface area (Å²) in [7, 11) is 0. The number of carbonyl (C=O) groups excluding carboxylic acids is 1. The normalized spacial score (nSPS) is 19.2. The Bertz CT molecular complexity index is 470. The summed E-state index contributed by atoms with van der Waals surface area (Å²) in [5.41, 5.74) is 1.32.